The van der Waals surface area contributed by atoms with E-state index in [1.54, 1.807) is 7.11 Å². The Morgan fingerprint density at radius 1 is 1.00 bits per heavy atom. The number of hydrogen-bond acceptors (Lipinski definition) is 8. The normalized spacial score (nSPS) is 13.4. The van der Waals surface area contributed by atoms with Gasteiger partial charge in [-0.25, -0.2) is 4.79 Å². The SMILES string of the molecule is COc1ccc(COC/C=C/C=C(/CCCO[Si](C)(C)C(C)(C)C)[C@H](CC(=O)C(=[N+]=[N-])C(=O)OCCC#N)O[Si](C(C)C)(C(C)C)C(C)C)cc1. The van der Waals surface area contributed by atoms with Crippen molar-refractivity contribution >= 4 is 34.1 Å². The average Bonchev–Trinajstić information content (AvgIpc) is 3.05. The van der Waals surface area contributed by atoms with Crippen LogP contribution >= 0.6 is 0 Å². The molecule has 0 aliphatic carbocycles. The molecule has 0 aromatic heterocycles. The maximum Gasteiger partial charge on any atom is 0.441 e. The Kier molecular flexibility index (Phi) is 19.8. The van der Waals surface area contributed by atoms with Gasteiger partial charge in [-0.15, -0.1) is 0 Å². The van der Waals surface area contributed by atoms with Crippen LogP contribution in [0.1, 0.15) is 93.6 Å². The van der Waals surface area contributed by atoms with Crippen LogP contribution in [0.15, 0.2) is 48.1 Å². The number of Topliss-reactive ketones (excluding diaryl/α,β-unsaturated/α-hetero) is 1. The Hall–Kier alpha value is -3.18. The first-order valence-electron chi connectivity index (χ1n) is 18.0. The lowest BCUT2D eigenvalue weighted by molar-refractivity contribution is -0.142. The fourth-order valence-corrected chi connectivity index (χ4v) is 12.7. The van der Waals surface area contributed by atoms with Gasteiger partial charge in [-0.1, -0.05) is 92.7 Å². The van der Waals surface area contributed by atoms with E-state index >= 15 is 0 Å². The molecule has 0 amide bonds. The van der Waals surface area contributed by atoms with Crippen molar-refractivity contribution in [2.45, 2.75) is 135 Å². The van der Waals surface area contributed by atoms with Crippen molar-refractivity contribution in [1.82, 2.24) is 0 Å². The molecule has 0 unspecified atom stereocenters. The van der Waals surface area contributed by atoms with Gasteiger partial charge in [0.2, 0.25) is 8.32 Å². The first-order valence-corrected chi connectivity index (χ1v) is 23.1. The fourth-order valence-electron chi connectivity index (χ4n) is 6.02. The van der Waals surface area contributed by atoms with Crippen molar-refractivity contribution in [2.75, 3.05) is 26.9 Å². The third-order valence-electron chi connectivity index (χ3n) is 9.81. The van der Waals surface area contributed by atoms with E-state index in [4.69, 9.17) is 28.3 Å². The summed E-state index contributed by atoms with van der Waals surface area (Å²) in [5.41, 5.74) is 11.6. The van der Waals surface area contributed by atoms with Crippen molar-refractivity contribution in [3.63, 3.8) is 0 Å². The van der Waals surface area contributed by atoms with Crippen LogP contribution in [-0.2, 0) is 34.5 Å². The lowest BCUT2D eigenvalue weighted by Crippen LogP contribution is -2.51. The zero-order valence-corrected chi connectivity index (χ0v) is 35.2. The lowest BCUT2D eigenvalue weighted by Gasteiger charge is -2.45. The van der Waals surface area contributed by atoms with Gasteiger partial charge >= 0.3 is 11.7 Å². The van der Waals surface area contributed by atoms with Crippen LogP contribution in [0, 0.1) is 11.3 Å². The summed E-state index contributed by atoms with van der Waals surface area (Å²) >= 11 is 0. The van der Waals surface area contributed by atoms with Gasteiger partial charge in [0.1, 0.15) is 12.4 Å². The number of carbonyl (C=O) groups excluding carboxylic acids is 2. The number of rotatable bonds is 23. The molecule has 0 fully saturated rings. The largest absolute Gasteiger partial charge is 0.497 e. The van der Waals surface area contributed by atoms with Crippen LogP contribution in [-0.4, -0.2) is 71.9 Å². The minimum Gasteiger partial charge on any atom is -0.497 e. The molecule has 0 aliphatic heterocycles. The van der Waals surface area contributed by atoms with E-state index in [0.29, 0.717) is 32.7 Å². The molecule has 1 rings (SSSR count). The zero-order valence-electron chi connectivity index (χ0n) is 33.2. The van der Waals surface area contributed by atoms with Gasteiger partial charge in [-0.3, -0.25) is 4.79 Å². The number of esters is 1. The number of ketones is 1. The second kappa shape index (κ2) is 22.0. The molecule has 1 aromatic carbocycles. The van der Waals surface area contributed by atoms with Gasteiger partial charge < -0.3 is 28.6 Å². The average molecular weight is 742 g/mol. The van der Waals surface area contributed by atoms with E-state index in [1.807, 2.05) is 48.6 Å². The van der Waals surface area contributed by atoms with E-state index in [-0.39, 0.29) is 41.1 Å². The minimum atomic E-state index is -2.56. The molecule has 0 heterocycles. The Morgan fingerprint density at radius 2 is 1.61 bits per heavy atom. The minimum absolute atomic E-state index is 0.0460. The summed E-state index contributed by atoms with van der Waals surface area (Å²) in [4.78, 5) is 29.4. The molecular weight excluding hydrogens is 679 g/mol. The van der Waals surface area contributed by atoms with Crippen molar-refractivity contribution in [1.29, 1.82) is 5.26 Å². The Bertz CT molecular complexity index is 1380. The standard InChI is InChI=1S/C39H63N3O7Si2/c1-29(2)51(30(3)4,31(5)6)49-36(27-35(43)37(42-41)38(44)47-25-16-23-40)33(18-15-26-48-50(11,12)39(7,8)9)17-13-14-24-46-28-32-19-21-34(45-10)22-20-32/h13-14,17,19-22,29-31,36H,15-16,18,24-28H2,1-12H3/b14-13+,33-17-/t36-/m0/s1. The van der Waals surface area contributed by atoms with Gasteiger partial charge in [-0.05, 0) is 70.9 Å². The molecule has 12 heteroatoms. The third-order valence-corrected chi connectivity index (χ3v) is 20.5. The van der Waals surface area contributed by atoms with Crippen molar-refractivity contribution in [2.24, 2.45) is 0 Å². The van der Waals surface area contributed by atoms with Crippen LogP contribution in [0.3, 0.4) is 0 Å². The molecule has 51 heavy (non-hydrogen) atoms. The van der Waals surface area contributed by atoms with Gasteiger partial charge in [-0.2, -0.15) is 10.1 Å². The highest BCUT2D eigenvalue weighted by molar-refractivity contribution is 6.77. The number of ether oxygens (including phenoxy) is 3. The topological polar surface area (TPSA) is 140 Å². The van der Waals surface area contributed by atoms with Gasteiger partial charge in [0.25, 0.3) is 5.78 Å². The summed E-state index contributed by atoms with van der Waals surface area (Å²) in [7, 11) is -2.91. The monoisotopic (exact) mass is 741 g/mol. The molecule has 10 nitrogen and oxygen atoms in total. The highest BCUT2D eigenvalue weighted by Crippen LogP contribution is 2.44. The summed E-state index contributed by atoms with van der Waals surface area (Å²) in [5, 5.41) is 8.90. The van der Waals surface area contributed by atoms with Crippen LogP contribution in [0.4, 0.5) is 0 Å². The predicted molar refractivity (Wildman–Crippen MR) is 208 cm³/mol. The predicted octanol–water partition coefficient (Wildman–Crippen LogP) is 9.14. The molecule has 0 saturated carbocycles. The Labute approximate surface area is 309 Å². The number of hydrogen-bond donors (Lipinski definition) is 0. The molecule has 1 atom stereocenters. The maximum absolute atomic E-state index is 13.7. The van der Waals surface area contributed by atoms with E-state index < -0.39 is 40.2 Å². The number of nitriles is 1. The number of methoxy groups -OCH3 is 1. The van der Waals surface area contributed by atoms with Crippen molar-refractivity contribution in [3.05, 3.63) is 59.2 Å². The van der Waals surface area contributed by atoms with Gasteiger partial charge in [0.15, 0.2) is 8.32 Å². The van der Waals surface area contributed by atoms with E-state index in [2.05, 4.69) is 80.2 Å². The molecule has 1 aromatic rings. The molecule has 0 N–H and O–H groups in total. The zero-order chi connectivity index (χ0) is 38.8. The Balaban J connectivity index is 3.52. The molecule has 0 saturated heterocycles. The van der Waals surface area contributed by atoms with Crippen molar-refractivity contribution < 1.29 is 37.4 Å². The summed E-state index contributed by atoms with van der Waals surface area (Å²) in [5.74, 6) is -0.980. The summed E-state index contributed by atoms with van der Waals surface area (Å²) < 4.78 is 29.9. The summed E-state index contributed by atoms with van der Waals surface area (Å²) in [6, 6.07) is 9.60. The quantitative estimate of drug-likeness (QED) is 0.0158. The number of carbonyl (C=O) groups is 2. The molecule has 0 spiro atoms. The first-order chi connectivity index (χ1) is 23.9. The lowest BCUT2D eigenvalue weighted by atomic mass is 9.98. The van der Waals surface area contributed by atoms with Crippen LogP contribution in [0.25, 0.3) is 5.53 Å². The van der Waals surface area contributed by atoms with Crippen LogP contribution < -0.4 is 4.74 Å². The van der Waals surface area contributed by atoms with Crippen LogP contribution in [0.2, 0.25) is 34.8 Å². The highest BCUT2D eigenvalue weighted by Gasteiger charge is 2.48. The fraction of sp³-hybridized carbons (Fsp3) is 0.641. The molecule has 0 bridgehead atoms. The Morgan fingerprint density at radius 3 is 2.12 bits per heavy atom. The van der Waals surface area contributed by atoms with E-state index in [1.165, 1.54) is 0 Å². The van der Waals surface area contributed by atoms with Crippen molar-refractivity contribution in [3.8, 4) is 11.8 Å². The van der Waals surface area contributed by atoms with Crippen LogP contribution in [0.5, 0.6) is 5.75 Å². The summed E-state index contributed by atoms with van der Waals surface area (Å²) in [6.07, 6.45) is 6.13. The van der Waals surface area contributed by atoms with Gasteiger partial charge in [0, 0.05) is 13.0 Å². The number of allylic oxidation sites excluding steroid dienone is 2. The first kappa shape index (κ1) is 45.8. The molecule has 0 aliphatic rings. The second-order valence-electron chi connectivity index (χ2n) is 15.3. The molecule has 284 valence electrons. The maximum atomic E-state index is 13.7. The highest BCUT2D eigenvalue weighted by atomic mass is 28.4. The summed E-state index contributed by atoms with van der Waals surface area (Å²) in [6.45, 7) is 25.3. The number of nitrogens with zero attached hydrogens (tertiary/aromatic N) is 3. The molecule has 0 radical (unpaired) electrons. The van der Waals surface area contributed by atoms with E-state index in [9.17, 15) is 15.1 Å². The smallest absolute Gasteiger partial charge is 0.441 e. The second-order valence-corrected chi connectivity index (χ2v) is 25.5. The molecular formula is C39H63N3O7Si2. The van der Waals surface area contributed by atoms with Gasteiger partial charge in [0.05, 0.1) is 38.9 Å². The van der Waals surface area contributed by atoms with E-state index in [0.717, 1.165) is 16.9 Å². The third kappa shape index (κ3) is 14.4. The number of benzene rings is 1.